The first-order valence-corrected chi connectivity index (χ1v) is 4.58. The zero-order chi connectivity index (χ0) is 11.0. The molecule has 0 saturated carbocycles. The Morgan fingerprint density at radius 2 is 1.87 bits per heavy atom. The fourth-order valence-electron chi connectivity index (χ4n) is 1.12. The van der Waals surface area contributed by atoms with Crippen molar-refractivity contribution in [3.8, 4) is 5.95 Å². The van der Waals surface area contributed by atoms with Gasteiger partial charge in [0.15, 0.2) is 0 Å². The summed E-state index contributed by atoms with van der Waals surface area (Å²) in [5.74, 6) is 0.926. The van der Waals surface area contributed by atoms with Crippen LogP contribution in [-0.2, 0) is 0 Å². The van der Waals surface area contributed by atoms with Gasteiger partial charge < -0.3 is 5.73 Å². The molecule has 0 fully saturated rings. The summed E-state index contributed by atoms with van der Waals surface area (Å²) in [5, 5.41) is 12.0. The summed E-state index contributed by atoms with van der Waals surface area (Å²) < 4.78 is 1.53. The van der Waals surface area contributed by atoms with Crippen molar-refractivity contribution in [1.29, 1.82) is 0 Å². The number of nitrogens with two attached hydrogens (primary N) is 1. The average molecular weight is 204 g/mol. The number of hydrogen-bond donors (Lipinski definition) is 1. The maximum Gasteiger partial charge on any atom is 0.270 e. The Labute approximate surface area is 87.2 Å². The Bertz CT molecular complexity index is 482. The first kappa shape index (κ1) is 9.57. The van der Waals surface area contributed by atoms with E-state index in [1.54, 1.807) is 6.20 Å². The van der Waals surface area contributed by atoms with E-state index in [0.717, 1.165) is 17.0 Å². The minimum atomic E-state index is 0.443. The van der Waals surface area contributed by atoms with Gasteiger partial charge in [-0.1, -0.05) is 0 Å². The topological polar surface area (TPSA) is 82.5 Å². The molecule has 15 heavy (non-hydrogen) atoms. The van der Waals surface area contributed by atoms with Crippen LogP contribution in [0.5, 0.6) is 0 Å². The lowest BCUT2D eigenvalue weighted by atomic mass is 10.4. The molecule has 0 aliphatic heterocycles. The van der Waals surface area contributed by atoms with Crippen molar-refractivity contribution in [2.45, 2.75) is 20.8 Å². The minimum absolute atomic E-state index is 0.443. The van der Waals surface area contributed by atoms with Crippen LogP contribution in [0.2, 0.25) is 0 Å². The molecule has 0 radical (unpaired) electrons. The lowest BCUT2D eigenvalue weighted by molar-refractivity contribution is 0.754. The standard InChI is InChI=1S/C9H12N6/c1-5-4-15(14-8(5)10)9-11-6(2)7(3)12-13-9/h4H,1-3H3,(H2,10,14). The maximum atomic E-state index is 5.64. The van der Waals surface area contributed by atoms with Crippen LogP contribution < -0.4 is 5.73 Å². The van der Waals surface area contributed by atoms with Gasteiger partial charge in [-0.2, -0.15) is 5.10 Å². The highest BCUT2D eigenvalue weighted by Crippen LogP contribution is 2.09. The fraction of sp³-hybridized carbons (Fsp3) is 0.333. The lowest BCUT2D eigenvalue weighted by Gasteiger charge is -2.00. The number of aromatic nitrogens is 5. The Morgan fingerprint density at radius 1 is 1.13 bits per heavy atom. The van der Waals surface area contributed by atoms with Crippen LogP contribution in [-0.4, -0.2) is 25.0 Å². The first-order valence-electron chi connectivity index (χ1n) is 4.58. The summed E-state index contributed by atoms with van der Waals surface area (Å²) in [6.07, 6.45) is 1.78. The fourth-order valence-corrected chi connectivity index (χ4v) is 1.12. The van der Waals surface area contributed by atoms with Crippen LogP contribution in [0, 0.1) is 20.8 Å². The van der Waals surface area contributed by atoms with Crippen molar-refractivity contribution in [3.05, 3.63) is 23.1 Å². The molecular formula is C9H12N6. The predicted octanol–water partition coefficient (Wildman–Crippen LogP) is 0.565. The van der Waals surface area contributed by atoms with Gasteiger partial charge in [0, 0.05) is 11.8 Å². The molecular weight excluding hydrogens is 192 g/mol. The van der Waals surface area contributed by atoms with Crippen LogP contribution >= 0.6 is 0 Å². The lowest BCUT2D eigenvalue weighted by Crippen LogP contribution is -2.06. The van der Waals surface area contributed by atoms with Crippen molar-refractivity contribution < 1.29 is 0 Å². The number of nitrogens with zero attached hydrogens (tertiary/aromatic N) is 5. The van der Waals surface area contributed by atoms with Crippen molar-refractivity contribution in [2.24, 2.45) is 0 Å². The smallest absolute Gasteiger partial charge is 0.270 e. The number of rotatable bonds is 1. The molecule has 2 aromatic rings. The highest BCUT2D eigenvalue weighted by Gasteiger charge is 2.07. The van der Waals surface area contributed by atoms with Gasteiger partial charge in [-0.15, -0.1) is 10.2 Å². The van der Waals surface area contributed by atoms with Crippen LogP contribution in [0.4, 0.5) is 5.82 Å². The molecule has 2 N–H and O–H groups in total. The molecule has 0 bridgehead atoms. The second-order valence-electron chi connectivity index (χ2n) is 3.42. The van der Waals surface area contributed by atoms with Crippen LogP contribution in [0.3, 0.4) is 0 Å². The van der Waals surface area contributed by atoms with Crippen molar-refractivity contribution in [2.75, 3.05) is 5.73 Å². The summed E-state index contributed by atoms with van der Waals surface area (Å²) in [5.41, 5.74) is 8.19. The van der Waals surface area contributed by atoms with E-state index in [4.69, 9.17) is 5.73 Å². The quantitative estimate of drug-likeness (QED) is 0.734. The molecule has 0 saturated heterocycles. The molecule has 6 nitrogen and oxygen atoms in total. The average Bonchev–Trinajstić information content (AvgIpc) is 2.52. The second-order valence-corrected chi connectivity index (χ2v) is 3.42. The van der Waals surface area contributed by atoms with Gasteiger partial charge in [-0.25, -0.2) is 9.67 Å². The third-order valence-corrected chi connectivity index (χ3v) is 2.22. The van der Waals surface area contributed by atoms with Crippen molar-refractivity contribution >= 4 is 5.82 Å². The molecule has 6 heteroatoms. The molecule has 2 aromatic heterocycles. The summed E-state index contributed by atoms with van der Waals surface area (Å²) in [7, 11) is 0. The van der Waals surface area contributed by atoms with Gasteiger partial charge >= 0.3 is 0 Å². The van der Waals surface area contributed by atoms with Gasteiger partial charge in [-0.3, -0.25) is 0 Å². The van der Waals surface area contributed by atoms with E-state index in [-0.39, 0.29) is 0 Å². The van der Waals surface area contributed by atoms with Crippen molar-refractivity contribution in [3.63, 3.8) is 0 Å². The van der Waals surface area contributed by atoms with E-state index in [2.05, 4.69) is 20.3 Å². The Balaban J connectivity index is 2.49. The van der Waals surface area contributed by atoms with Crippen LogP contribution in [0.25, 0.3) is 5.95 Å². The normalized spacial score (nSPS) is 10.6. The molecule has 0 atom stereocenters. The van der Waals surface area contributed by atoms with Crippen molar-refractivity contribution in [1.82, 2.24) is 25.0 Å². The zero-order valence-corrected chi connectivity index (χ0v) is 8.89. The van der Waals surface area contributed by atoms with E-state index >= 15 is 0 Å². The van der Waals surface area contributed by atoms with Gasteiger partial charge in [0.05, 0.1) is 11.4 Å². The molecule has 0 unspecified atom stereocenters. The summed E-state index contributed by atoms with van der Waals surface area (Å²) in [6.45, 7) is 5.63. The number of hydrogen-bond acceptors (Lipinski definition) is 5. The Morgan fingerprint density at radius 3 is 2.40 bits per heavy atom. The largest absolute Gasteiger partial charge is 0.382 e. The van der Waals surface area contributed by atoms with Crippen LogP contribution in [0.1, 0.15) is 17.0 Å². The van der Waals surface area contributed by atoms with E-state index in [0.29, 0.717) is 11.8 Å². The Kier molecular flexibility index (Phi) is 2.11. The highest BCUT2D eigenvalue weighted by atomic mass is 15.4. The second kappa shape index (κ2) is 3.30. The monoisotopic (exact) mass is 204 g/mol. The minimum Gasteiger partial charge on any atom is -0.382 e. The summed E-state index contributed by atoms with van der Waals surface area (Å²) >= 11 is 0. The third kappa shape index (κ3) is 1.65. The molecule has 0 spiro atoms. The van der Waals surface area contributed by atoms with E-state index in [1.807, 2.05) is 20.8 Å². The number of aryl methyl sites for hydroxylation is 3. The SMILES string of the molecule is Cc1cn(-c2nnc(C)c(C)n2)nc1N. The van der Waals surface area contributed by atoms with Crippen LogP contribution in [0.15, 0.2) is 6.20 Å². The molecule has 0 aromatic carbocycles. The number of nitrogen functional groups attached to an aromatic ring is 1. The molecule has 78 valence electrons. The molecule has 2 rings (SSSR count). The highest BCUT2D eigenvalue weighted by molar-refractivity contribution is 5.37. The molecule has 0 amide bonds. The van der Waals surface area contributed by atoms with E-state index in [9.17, 15) is 0 Å². The van der Waals surface area contributed by atoms with Gasteiger partial charge in [0.1, 0.15) is 5.82 Å². The van der Waals surface area contributed by atoms with E-state index in [1.165, 1.54) is 4.68 Å². The van der Waals surface area contributed by atoms with Gasteiger partial charge in [0.2, 0.25) is 0 Å². The summed E-state index contributed by atoms with van der Waals surface area (Å²) in [4.78, 5) is 4.27. The zero-order valence-electron chi connectivity index (χ0n) is 8.89. The van der Waals surface area contributed by atoms with Gasteiger partial charge in [-0.05, 0) is 20.8 Å². The molecule has 2 heterocycles. The molecule has 0 aliphatic rings. The first-order chi connectivity index (χ1) is 7.08. The third-order valence-electron chi connectivity index (χ3n) is 2.22. The Hall–Kier alpha value is -1.98. The van der Waals surface area contributed by atoms with Gasteiger partial charge in [0.25, 0.3) is 5.95 Å². The van der Waals surface area contributed by atoms with E-state index < -0.39 is 0 Å². The maximum absolute atomic E-state index is 5.64. The predicted molar refractivity (Wildman–Crippen MR) is 55.6 cm³/mol. The summed E-state index contributed by atoms with van der Waals surface area (Å²) in [6, 6.07) is 0. The number of anilines is 1. The molecule has 0 aliphatic carbocycles.